The molecule has 1 fully saturated rings. The van der Waals surface area contributed by atoms with Crippen LogP contribution >= 0.6 is 0 Å². The van der Waals surface area contributed by atoms with Gasteiger partial charge in [-0.15, -0.1) is 0 Å². The Bertz CT molecular complexity index is 581. The molecule has 1 aromatic carbocycles. The number of carbonyl (C=O) groups excluding carboxylic acids is 1. The third-order valence-electron chi connectivity index (χ3n) is 3.78. The summed E-state index contributed by atoms with van der Waals surface area (Å²) in [6.45, 7) is 1.02. The van der Waals surface area contributed by atoms with E-state index in [-0.39, 0.29) is 17.9 Å². The van der Waals surface area contributed by atoms with Crippen molar-refractivity contribution in [1.82, 2.24) is 9.62 Å². The second kappa shape index (κ2) is 7.60. The first-order valence-electron chi connectivity index (χ1n) is 7.37. The number of ether oxygens (including phenoxy) is 1. The van der Waals surface area contributed by atoms with Crippen molar-refractivity contribution < 1.29 is 17.9 Å². The van der Waals surface area contributed by atoms with Gasteiger partial charge in [0.05, 0.1) is 12.9 Å². The topological polar surface area (TPSA) is 75.7 Å². The number of methoxy groups -OCH3 is 1. The quantitative estimate of drug-likeness (QED) is 0.887. The minimum atomic E-state index is -3.31. The molecule has 0 aromatic heterocycles. The van der Waals surface area contributed by atoms with E-state index >= 15 is 0 Å². The fraction of sp³-hybridized carbons (Fsp3) is 0.533. The van der Waals surface area contributed by atoms with Crippen LogP contribution in [0.1, 0.15) is 18.4 Å². The highest BCUT2D eigenvalue weighted by Gasteiger charge is 2.26. The molecule has 0 saturated carbocycles. The van der Waals surface area contributed by atoms with E-state index in [1.54, 1.807) is 4.90 Å². The zero-order valence-corrected chi connectivity index (χ0v) is 13.5. The molecule has 1 heterocycles. The van der Waals surface area contributed by atoms with Gasteiger partial charge in [-0.2, -0.15) is 0 Å². The van der Waals surface area contributed by atoms with Crippen LogP contribution in [-0.4, -0.2) is 51.4 Å². The van der Waals surface area contributed by atoms with Crippen molar-refractivity contribution in [3.63, 3.8) is 0 Å². The third kappa shape index (κ3) is 4.99. The van der Waals surface area contributed by atoms with Crippen LogP contribution in [0.25, 0.3) is 0 Å². The van der Waals surface area contributed by atoms with Crippen molar-refractivity contribution in [1.29, 1.82) is 0 Å². The van der Waals surface area contributed by atoms with Crippen LogP contribution in [0.2, 0.25) is 0 Å². The second-order valence-electron chi connectivity index (χ2n) is 5.40. The van der Waals surface area contributed by atoms with Gasteiger partial charge in [0.1, 0.15) is 0 Å². The highest BCUT2D eigenvalue weighted by Crippen LogP contribution is 2.12. The summed E-state index contributed by atoms with van der Waals surface area (Å²) in [6.07, 6.45) is 1.36. The maximum absolute atomic E-state index is 12.1. The maximum atomic E-state index is 12.1. The lowest BCUT2D eigenvalue weighted by atomic mass is 10.1. The van der Waals surface area contributed by atoms with Crippen molar-refractivity contribution in [3.8, 4) is 0 Å². The molecule has 122 valence electrons. The minimum Gasteiger partial charge on any atom is -0.453 e. The molecule has 0 radical (unpaired) electrons. The summed E-state index contributed by atoms with van der Waals surface area (Å²) in [5.41, 5.74) is 1.01. The summed E-state index contributed by atoms with van der Waals surface area (Å²) >= 11 is 0. The Morgan fingerprint density at radius 2 is 1.91 bits per heavy atom. The Balaban J connectivity index is 1.79. The molecule has 1 N–H and O–H groups in total. The lowest BCUT2D eigenvalue weighted by Gasteiger charge is -2.31. The molecule has 0 aliphatic carbocycles. The van der Waals surface area contributed by atoms with E-state index in [4.69, 9.17) is 0 Å². The van der Waals surface area contributed by atoms with Gasteiger partial charge >= 0.3 is 6.09 Å². The SMILES string of the molecule is COC(=O)N1CCC(NS(=O)(=O)CCc2ccccc2)CC1. The van der Waals surface area contributed by atoms with Gasteiger partial charge in [-0.05, 0) is 24.8 Å². The highest BCUT2D eigenvalue weighted by molar-refractivity contribution is 7.89. The maximum Gasteiger partial charge on any atom is 0.409 e. The zero-order chi connectivity index (χ0) is 16.0. The standard InChI is InChI=1S/C15H22N2O4S/c1-21-15(18)17-10-7-14(8-11-17)16-22(19,20)12-9-13-5-3-2-4-6-13/h2-6,14,16H,7-12H2,1H3. The van der Waals surface area contributed by atoms with Gasteiger partial charge in [-0.25, -0.2) is 17.9 Å². The molecular weight excluding hydrogens is 304 g/mol. The molecule has 1 amide bonds. The van der Waals surface area contributed by atoms with Gasteiger partial charge in [-0.3, -0.25) is 0 Å². The van der Waals surface area contributed by atoms with Crippen molar-refractivity contribution in [3.05, 3.63) is 35.9 Å². The van der Waals surface area contributed by atoms with Crippen molar-refractivity contribution in [2.45, 2.75) is 25.3 Å². The molecule has 1 aromatic rings. The fourth-order valence-electron chi connectivity index (χ4n) is 2.52. The van der Waals surface area contributed by atoms with E-state index in [9.17, 15) is 13.2 Å². The first-order chi connectivity index (χ1) is 10.5. The predicted octanol–water partition coefficient (Wildman–Crippen LogP) is 1.38. The number of likely N-dealkylation sites (tertiary alicyclic amines) is 1. The molecule has 6 nitrogen and oxygen atoms in total. The summed E-state index contributed by atoms with van der Waals surface area (Å²) in [4.78, 5) is 13.0. The van der Waals surface area contributed by atoms with Gasteiger partial charge in [0.2, 0.25) is 10.0 Å². The number of nitrogens with zero attached hydrogens (tertiary/aromatic N) is 1. The number of hydrogen-bond donors (Lipinski definition) is 1. The van der Waals surface area contributed by atoms with Crippen LogP contribution in [0.5, 0.6) is 0 Å². The lowest BCUT2D eigenvalue weighted by molar-refractivity contribution is 0.111. The smallest absolute Gasteiger partial charge is 0.409 e. The molecule has 0 unspecified atom stereocenters. The third-order valence-corrected chi connectivity index (χ3v) is 5.21. The molecular formula is C15H22N2O4S. The van der Waals surface area contributed by atoms with Gasteiger partial charge in [-0.1, -0.05) is 30.3 Å². The van der Waals surface area contributed by atoms with E-state index in [2.05, 4.69) is 9.46 Å². The van der Waals surface area contributed by atoms with E-state index in [0.29, 0.717) is 32.4 Å². The van der Waals surface area contributed by atoms with Crippen LogP contribution in [0.15, 0.2) is 30.3 Å². The molecule has 0 bridgehead atoms. The molecule has 0 atom stereocenters. The van der Waals surface area contributed by atoms with Gasteiger partial charge in [0, 0.05) is 19.1 Å². The van der Waals surface area contributed by atoms with Crippen LogP contribution in [-0.2, 0) is 21.2 Å². The van der Waals surface area contributed by atoms with Crippen LogP contribution in [0, 0.1) is 0 Å². The minimum absolute atomic E-state index is 0.0776. The van der Waals surface area contributed by atoms with Gasteiger partial charge < -0.3 is 9.64 Å². The zero-order valence-electron chi connectivity index (χ0n) is 12.7. The van der Waals surface area contributed by atoms with Crippen molar-refractivity contribution in [2.24, 2.45) is 0 Å². The van der Waals surface area contributed by atoms with E-state index in [0.717, 1.165) is 5.56 Å². The number of aryl methyl sites for hydroxylation is 1. The first kappa shape index (κ1) is 16.8. The van der Waals surface area contributed by atoms with Crippen LogP contribution in [0.4, 0.5) is 4.79 Å². The molecule has 1 aliphatic heterocycles. The molecule has 22 heavy (non-hydrogen) atoms. The Morgan fingerprint density at radius 1 is 1.27 bits per heavy atom. The molecule has 7 heteroatoms. The average molecular weight is 326 g/mol. The predicted molar refractivity (Wildman–Crippen MR) is 84.1 cm³/mol. The first-order valence-corrected chi connectivity index (χ1v) is 9.02. The van der Waals surface area contributed by atoms with Crippen molar-refractivity contribution >= 4 is 16.1 Å². The summed E-state index contributed by atoms with van der Waals surface area (Å²) in [5, 5.41) is 0. The summed E-state index contributed by atoms with van der Waals surface area (Å²) < 4.78 is 31.7. The number of rotatable bonds is 5. The molecule has 2 rings (SSSR count). The van der Waals surface area contributed by atoms with Crippen molar-refractivity contribution in [2.75, 3.05) is 26.0 Å². The monoisotopic (exact) mass is 326 g/mol. The summed E-state index contributed by atoms with van der Waals surface area (Å²) in [7, 11) is -1.96. The molecule has 0 spiro atoms. The number of benzene rings is 1. The number of piperidine rings is 1. The lowest BCUT2D eigenvalue weighted by Crippen LogP contribution is -2.47. The number of sulfonamides is 1. The van der Waals surface area contributed by atoms with Gasteiger partial charge in [0.15, 0.2) is 0 Å². The number of carbonyl (C=O) groups is 1. The largest absolute Gasteiger partial charge is 0.453 e. The van der Waals surface area contributed by atoms with Crippen LogP contribution < -0.4 is 4.72 Å². The van der Waals surface area contributed by atoms with Gasteiger partial charge in [0.25, 0.3) is 0 Å². The van der Waals surface area contributed by atoms with E-state index in [1.165, 1.54) is 7.11 Å². The second-order valence-corrected chi connectivity index (χ2v) is 7.28. The Labute approximate surface area is 131 Å². The Hall–Kier alpha value is -1.60. The molecule has 1 aliphatic rings. The average Bonchev–Trinajstić information content (AvgIpc) is 2.54. The Morgan fingerprint density at radius 3 is 2.50 bits per heavy atom. The normalized spacial score (nSPS) is 16.5. The number of nitrogens with one attached hydrogen (secondary N) is 1. The fourth-order valence-corrected chi connectivity index (χ4v) is 3.88. The summed E-state index contributed by atoms with van der Waals surface area (Å²) in [5.74, 6) is 0.0776. The molecule has 1 saturated heterocycles. The summed E-state index contributed by atoms with van der Waals surface area (Å²) in [6, 6.07) is 9.44. The van der Waals surface area contributed by atoms with E-state index in [1.807, 2.05) is 30.3 Å². The number of hydrogen-bond acceptors (Lipinski definition) is 4. The highest BCUT2D eigenvalue weighted by atomic mass is 32.2. The van der Waals surface area contributed by atoms with E-state index < -0.39 is 10.0 Å². The number of amides is 1. The Kier molecular flexibility index (Phi) is 5.79. The van der Waals surface area contributed by atoms with Crippen LogP contribution in [0.3, 0.4) is 0 Å².